The number of aryl methyl sites for hydroxylation is 1. The number of halogens is 1. The van der Waals surface area contributed by atoms with Gasteiger partial charge in [-0.15, -0.1) is 0 Å². The number of anilines is 2. The van der Waals surface area contributed by atoms with Crippen LogP contribution in [0.2, 0.25) is 5.02 Å². The van der Waals surface area contributed by atoms with Crippen LogP contribution < -0.4 is 14.2 Å². The van der Waals surface area contributed by atoms with E-state index in [0.29, 0.717) is 11.3 Å². The van der Waals surface area contributed by atoms with Gasteiger partial charge >= 0.3 is 0 Å². The van der Waals surface area contributed by atoms with Crippen LogP contribution in [0.15, 0.2) is 76.5 Å². The van der Waals surface area contributed by atoms with E-state index in [-0.39, 0.29) is 26.2 Å². The van der Waals surface area contributed by atoms with Gasteiger partial charge in [0.05, 0.1) is 28.4 Å². The Balaban J connectivity index is 1.96. The molecular formula is C20H19ClN2O5S2. The van der Waals surface area contributed by atoms with Crippen molar-refractivity contribution in [2.75, 3.05) is 16.6 Å². The van der Waals surface area contributed by atoms with Crippen molar-refractivity contribution in [3.05, 3.63) is 77.3 Å². The molecule has 0 heterocycles. The molecule has 0 aliphatic heterocycles. The van der Waals surface area contributed by atoms with Gasteiger partial charge < -0.3 is 4.74 Å². The number of sulfonamides is 2. The summed E-state index contributed by atoms with van der Waals surface area (Å²) in [5.41, 5.74) is 0.929. The molecule has 0 fully saturated rings. The number of nitrogens with one attached hydrogen (secondary N) is 2. The van der Waals surface area contributed by atoms with Gasteiger partial charge in [-0.1, -0.05) is 41.9 Å². The average molecular weight is 467 g/mol. The van der Waals surface area contributed by atoms with Gasteiger partial charge in [0.2, 0.25) is 0 Å². The van der Waals surface area contributed by atoms with E-state index in [1.807, 2.05) is 0 Å². The van der Waals surface area contributed by atoms with Gasteiger partial charge in [-0.05, 0) is 48.9 Å². The second kappa shape index (κ2) is 8.55. The molecule has 3 rings (SSSR count). The molecule has 7 nitrogen and oxygen atoms in total. The maximum absolute atomic E-state index is 12.9. The van der Waals surface area contributed by atoms with Crippen LogP contribution in [-0.4, -0.2) is 23.9 Å². The first-order valence-electron chi connectivity index (χ1n) is 8.68. The van der Waals surface area contributed by atoms with Crippen molar-refractivity contribution in [3.63, 3.8) is 0 Å². The first-order chi connectivity index (χ1) is 14.1. The highest BCUT2D eigenvalue weighted by atomic mass is 35.5. The van der Waals surface area contributed by atoms with Gasteiger partial charge in [0.15, 0.2) is 0 Å². The zero-order valence-corrected chi connectivity index (χ0v) is 18.5. The lowest BCUT2D eigenvalue weighted by Gasteiger charge is -2.15. The Hall–Kier alpha value is -2.75. The van der Waals surface area contributed by atoms with E-state index in [9.17, 15) is 16.8 Å². The maximum atomic E-state index is 12.9. The topological polar surface area (TPSA) is 102 Å². The quantitative estimate of drug-likeness (QED) is 0.541. The lowest BCUT2D eigenvalue weighted by Crippen LogP contribution is -2.17. The Morgan fingerprint density at radius 3 is 2.13 bits per heavy atom. The van der Waals surface area contributed by atoms with E-state index in [2.05, 4.69) is 9.44 Å². The molecule has 0 saturated heterocycles. The lowest BCUT2D eigenvalue weighted by molar-refractivity contribution is 0.417. The van der Waals surface area contributed by atoms with Gasteiger partial charge in [0.1, 0.15) is 10.6 Å². The predicted octanol–water partition coefficient (Wildman–Crippen LogP) is 4.26. The summed E-state index contributed by atoms with van der Waals surface area (Å²) in [5.74, 6) is 0.354. The number of hydrogen-bond acceptors (Lipinski definition) is 5. The van der Waals surface area contributed by atoms with Gasteiger partial charge in [0, 0.05) is 0 Å². The largest absolute Gasteiger partial charge is 0.495 e. The maximum Gasteiger partial charge on any atom is 0.263 e. The highest BCUT2D eigenvalue weighted by molar-refractivity contribution is 7.93. The lowest BCUT2D eigenvalue weighted by atomic mass is 10.2. The van der Waals surface area contributed by atoms with Gasteiger partial charge in [-0.25, -0.2) is 16.8 Å². The van der Waals surface area contributed by atoms with Crippen molar-refractivity contribution in [2.24, 2.45) is 0 Å². The van der Waals surface area contributed by atoms with Crippen molar-refractivity contribution < 1.29 is 21.6 Å². The van der Waals surface area contributed by atoms with Crippen molar-refractivity contribution in [1.82, 2.24) is 0 Å². The molecule has 0 aliphatic carbocycles. The Morgan fingerprint density at radius 1 is 0.800 bits per heavy atom. The summed E-state index contributed by atoms with van der Waals surface area (Å²) in [6.45, 7) is 1.66. The molecule has 0 spiro atoms. The third kappa shape index (κ3) is 4.69. The van der Waals surface area contributed by atoms with Gasteiger partial charge in [-0.3, -0.25) is 9.44 Å². The van der Waals surface area contributed by atoms with Crippen LogP contribution in [0.25, 0.3) is 0 Å². The molecule has 0 radical (unpaired) electrons. The molecule has 0 unspecified atom stereocenters. The highest BCUT2D eigenvalue weighted by Crippen LogP contribution is 2.29. The number of benzene rings is 3. The third-order valence-corrected chi connectivity index (χ3v) is 7.47. The summed E-state index contributed by atoms with van der Waals surface area (Å²) in [4.78, 5) is -0.220. The monoisotopic (exact) mass is 466 g/mol. The molecule has 10 heteroatoms. The molecule has 0 saturated carbocycles. The van der Waals surface area contributed by atoms with E-state index in [4.69, 9.17) is 16.3 Å². The number of ether oxygens (including phenoxy) is 1. The fourth-order valence-corrected chi connectivity index (χ4v) is 5.41. The van der Waals surface area contributed by atoms with Crippen LogP contribution in [-0.2, 0) is 20.0 Å². The fourth-order valence-electron chi connectivity index (χ4n) is 2.67. The Labute approximate surface area is 180 Å². The van der Waals surface area contributed by atoms with E-state index in [1.54, 1.807) is 43.3 Å². The van der Waals surface area contributed by atoms with Crippen molar-refractivity contribution in [1.29, 1.82) is 0 Å². The van der Waals surface area contributed by atoms with E-state index >= 15 is 0 Å². The number of methoxy groups -OCH3 is 1. The zero-order valence-electron chi connectivity index (χ0n) is 16.1. The number of rotatable bonds is 7. The first-order valence-corrected chi connectivity index (χ1v) is 12.0. The van der Waals surface area contributed by atoms with Gasteiger partial charge in [-0.2, -0.15) is 0 Å². The molecule has 30 heavy (non-hydrogen) atoms. The fraction of sp³-hybridized carbons (Fsp3) is 0.100. The molecule has 0 bridgehead atoms. The van der Waals surface area contributed by atoms with Crippen molar-refractivity contribution in [2.45, 2.75) is 16.7 Å². The minimum absolute atomic E-state index is 0.0595. The highest BCUT2D eigenvalue weighted by Gasteiger charge is 2.21. The second-order valence-electron chi connectivity index (χ2n) is 6.32. The zero-order chi connectivity index (χ0) is 21.9. The molecule has 0 aliphatic rings. The van der Waals surface area contributed by atoms with Crippen molar-refractivity contribution >= 4 is 43.0 Å². The number of hydrogen-bond donors (Lipinski definition) is 2. The smallest absolute Gasteiger partial charge is 0.263 e. The van der Waals surface area contributed by atoms with E-state index in [1.165, 1.54) is 37.4 Å². The Bertz CT molecular complexity index is 1290. The van der Waals surface area contributed by atoms with Crippen LogP contribution in [0.3, 0.4) is 0 Å². The SMILES string of the molecule is COc1ccccc1NS(=O)(=O)c1ccc(C)c(NS(=O)(=O)c2ccccc2Cl)c1. The second-order valence-corrected chi connectivity index (χ2v) is 10.1. The molecule has 3 aromatic carbocycles. The number of para-hydroxylation sites is 2. The standard InChI is InChI=1S/C20H19ClN2O5S2/c1-14-11-12-15(29(24,25)22-17-8-4-5-9-19(17)28-2)13-18(14)23-30(26,27)20-10-6-3-7-16(20)21/h3-13,22-23H,1-2H3. The van der Waals surface area contributed by atoms with Crippen LogP contribution >= 0.6 is 11.6 Å². The minimum Gasteiger partial charge on any atom is -0.495 e. The molecule has 158 valence electrons. The summed E-state index contributed by atoms with van der Waals surface area (Å²) >= 11 is 6.00. The van der Waals surface area contributed by atoms with E-state index in [0.717, 1.165) is 0 Å². The molecule has 0 amide bonds. The first kappa shape index (κ1) is 21.9. The Kier molecular flexibility index (Phi) is 6.25. The molecular weight excluding hydrogens is 448 g/mol. The van der Waals surface area contributed by atoms with E-state index < -0.39 is 20.0 Å². The van der Waals surface area contributed by atoms with Crippen LogP contribution in [0, 0.1) is 6.92 Å². The normalized spacial score (nSPS) is 11.7. The minimum atomic E-state index is -4.02. The third-order valence-electron chi connectivity index (χ3n) is 4.24. The molecule has 0 aromatic heterocycles. The molecule has 0 atom stereocenters. The van der Waals surface area contributed by atoms with Crippen LogP contribution in [0.1, 0.15) is 5.56 Å². The summed E-state index contributed by atoms with van der Waals surface area (Å²) < 4.78 is 61.2. The van der Waals surface area contributed by atoms with Crippen LogP contribution in [0.5, 0.6) is 5.75 Å². The van der Waals surface area contributed by atoms with Crippen LogP contribution in [0.4, 0.5) is 11.4 Å². The summed E-state index contributed by atoms with van der Waals surface area (Å²) in [6.07, 6.45) is 0. The predicted molar refractivity (Wildman–Crippen MR) is 117 cm³/mol. The van der Waals surface area contributed by atoms with Gasteiger partial charge in [0.25, 0.3) is 20.0 Å². The Morgan fingerprint density at radius 2 is 1.43 bits per heavy atom. The average Bonchev–Trinajstić information content (AvgIpc) is 2.69. The summed E-state index contributed by atoms with van der Waals surface area (Å²) in [7, 11) is -6.59. The summed E-state index contributed by atoms with van der Waals surface area (Å²) in [5, 5.41) is 0.0595. The summed E-state index contributed by atoms with van der Waals surface area (Å²) in [6, 6.07) is 16.7. The van der Waals surface area contributed by atoms with Crippen molar-refractivity contribution in [3.8, 4) is 5.75 Å². The molecule has 2 N–H and O–H groups in total. The molecule has 3 aromatic rings.